The zero-order chi connectivity index (χ0) is 12.6. The van der Waals surface area contributed by atoms with Gasteiger partial charge in [-0.25, -0.2) is 4.21 Å². The van der Waals surface area contributed by atoms with Gasteiger partial charge in [0.2, 0.25) is 0 Å². The SMILES string of the molecule is NC(N)=NCCC=C(NS(=O)O)C(=O)N=O. The van der Waals surface area contributed by atoms with Crippen LogP contribution in [0.3, 0.4) is 0 Å². The number of nitroso groups, excluding NO2 is 1. The van der Waals surface area contributed by atoms with Gasteiger partial charge in [0.05, 0.1) is 0 Å². The van der Waals surface area contributed by atoms with Crippen molar-refractivity contribution in [3.8, 4) is 0 Å². The highest BCUT2D eigenvalue weighted by atomic mass is 32.2. The molecular weight excluding hydrogens is 238 g/mol. The van der Waals surface area contributed by atoms with Crippen LogP contribution in [0.4, 0.5) is 0 Å². The second kappa shape index (κ2) is 7.48. The van der Waals surface area contributed by atoms with E-state index in [2.05, 4.69) is 10.2 Å². The number of carbonyl (C=O) groups is 1. The second-order valence-electron chi connectivity index (χ2n) is 2.46. The zero-order valence-electron chi connectivity index (χ0n) is 8.12. The molecule has 0 aromatic heterocycles. The maximum Gasteiger partial charge on any atom is 0.333 e. The standard InChI is InChI=1S/C6H11N5O4S/c7-6(8)9-3-1-2-4(5(12)10-13)11-16(14)15/h2,11H,1,3H2,(H,14,15)(H4,7,8,9). The monoisotopic (exact) mass is 249 g/mol. The summed E-state index contributed by atoms with van der Waals surface area (Å²) in [5.41, 5.74) is 9.71. The summed E-state index contributed by atoms with van der Waals surface area (Å²) in [6, 6.07) is 0. The van der Waals surface area contributed by atoms with E-state index in [0.29, 0.717) is 0 Å². The lowest BCUT2D eigenvalue weighted by molar-refractivity contribution is -0.114. The molecule has 1 unspecified atom stereocenters. The Hall–Kier alpha value is -1.81. The molecule has 9 nitrogen and oxygen atoms in total. The van der Waals surface area contributed by atoms with E-state index in [1.165, 1.54) is 6.08 Å². The van der Waals surface area contributed by atoms with Crippen molar-refractivity contribution in [1.82, 2.24) is 4.72 Å². The number of hydrogen-bond acceptors (Lipinski definition) is 4. The summed E-state index contributed by atoms with van der Waals surface area (Å²) < 4.78 is 20.7. The number of nitrogens with two attached hydrogens (primary N) is 2. The predicted octanol–water partition coefficient (Wildman–Crippen LogP) is -1.45. The van der Waals surface area contributed by atoms with E-state index in [4.69, 9.17) is 16.0 Å². The van der Waals surface area contributed by atoms with Crippen LogP contribution in [0, 0.1) is 4.91 Å². The molecule has 0 aliphatic heterocycles. The fourth-order valence-corrected chi connectivity index (χ4v) is 1.08. The lowest BCUT2D eigenvalue weighted by atomic mass is 10.3. The van der Waals surface area contributed by atoms with Gasteiger partial charge >= 0.3 is 5.91 Å². The van der Waals surface area contributed by atoms with Gasteiger partial charge in [0.25, 0.3) is 11.3 Å². The van der Waals surface area contributed by atoms with Crippen molar-refractivity contribution in [2.45, 2.75) is 6.42 Å². The highest BCUT2D eigenvalue weighted by Crippen LogP contribution is 1.97. The fraction of sp³-hybridized carbons (Fsp3) is 0.333. The molecule has 1 atom stereocenters. The summed E-state index contributed by atoms with van der Waals surface area (Å²) in [5, 5.41) is 2.11. The predicted molar refractivity (Wildman–Crippen MR) is 58.1 cm³/mol. The number of amides is 1. The van der Waals surface area contributed by atoms with Crippen molar-refractivity contribution in [2.24, 2.45) is 21.6 Å². The maximum absolute atomic E-state index is 10.8. The lowest BCUT2D eigenvalue weighted by Gasteiger charge is -2.00. The first-order chi connectivity index (χ1) is 7.47. The van der Waals surface area contributed by atoms with Crippen LogP contribution in [0.15, 0.2) is 21.9 Å². The number of rotatable bonds is 6. The van der Waals surface area contributed by atoms with Gasteiger partial charge in [0, 0.05) is 11.7 Å². The van der Waals surface area contributed by atoms with Crippen molar-refractivity contribution in [3.63, 3.8) is 0 Å². The van der Waals surface area contributed by atoms with Crippen LogP contribution in [0.1, 0.15) is 6.42 Å². The van der Waals surface area contributed by atoms with Gasteiger partial charge < -0.3 is 11.5 Å². The van der Waals surface area contributed by atoms with Crippen molar-refractivity contribution in [1.29, 1.82) is 0 Å². The van der Waals surface area contributed by atoms with Gasteiger partial charge in [-0.3, -0.25) is 19.1 Å². The van der Waals surface area contributed by atoms with Crippen LogP contribution < -0.4 is 16.2 Å². The Bertz CT molecular complexity index is 349. The van der Waals surface area contributed by atoms with Crippen molar-refractivity contribution in [2.75, 3.05) is 6.54 Å². The molecule has 0 radical (unpaired) electrons. The van der Waals surface area contributed by atoms with Crippen molar-refractivity contribution < 1.29 is 13.6 Å². The van der Waals surface area contributed by atoms with E-state index < -0.39 is 17.2 Å². The van der Waals surface area contributed by atoms with E-state index in [-0.39, 0.29) is 24.6 Å². The lowest BCUT2D eigenvalue weighted by Crippen LogP contribution is -2.23. The summed E-state index contributed by atoms with van der Waals surface area (Å²) in [5.74, 6) is -1.29. The minimum Gasteiger partial charge on any atom is -0.370 e. The fourth-order valence-electron chi connectivity index (χ4n) is 0.718. The Morgan fingerprint density at radius 2 is 2.12 bits per heavy atom. The molecule has 0 aromatic carbocycles. The molecule has 0 heterocycles. The average molecular weight is 249 g/mol. The normalized spacial score (nSPS) is 12.7. The first-order valence-electron chi connectivity index (χ1n) is 3.98. The Morgan fingerprint density at radius 3 is 2.56 bits per heavy atom. The molecule has 6 N–H and O–H groups in total. The Kier molecular flexibility index (Phi) is 6.63. The summed E-state index contributed by atoms with van der Waals surface area (Å²) in [4.78, 5) is 24.4. The first-order valence-corrected chi connectivity index (χ1v) is 5.08. The van der Waals surface area contributed by atoms with E-state index >= 15 is 0 Å². The molecular formula is C6H11N5O4S. The molecule has 0 aliphatic rings. The van der Waals surface area contributed by atoms with Gasteiger partial charge in [-0.15, -0.1) is 4.91 Å². The van der Waals surface area contributed by atoms with Crippen LogP contribution in [-0.4, -0.2) is 27.2 Å². The molecule has 16 heavy (non-hydrogen) atoms. The van der Waals surface area contributed by atoms with E-state index in [9.17, 15) is 13.9 Å². The third-order valence-corrected chi connectivity index (χ3v) is 1.68. The quantitative estimate of drug-likeness (QED) is 0.112. The van der Waals surface area contributed by atoms with Gasteiger partial charge in [-0.2, -0.15) is 0 Å². The number of aliphatic imine (C=N–C) groups is 1. The first kappa shape index (κ1) is 14.2. The molecule has 0 fully saturated rings. The molecule has 0 aromatic rings. The third-order valence-electron chi connectivity index (χ3n) is 1.28. The molecule has 0 spiro atoms. The Morgan fingerprint density at radius 1 is 1.50 bits per heavy atom. The van der Waals surface area contributed by atoms with Crippen LogP contribution >= 0.6 is 0 Å². The van der Waals surface area contributed by atoms with Crippen LogP contribution in [0.2, 0.25) is 0 Å². The van der Waals surface area contributed by atoms with Crippen LogP contribution in [-0.2, 0) is 16.1 Å². The molecule has 0 saturated carbocycles. The summed E-state index contributed by atoms with van der Waals surface area (Å²) >= 11 is -2.46. The molecule has 10 heteroatoms. The van der Waals surface area contributed by atoms with E-state index in [0.717, 1.165) is 0 Å². The summed E-state index contributed by atoms with van der Waals surface area (Å²) in [6.07, 6.45) is 1.41. The van der Waals surface area contributed by atoms with E-state index in [1.54, 1.807) is 0 Å². The minimum absolute atomic E-state index is 0.117. The average Bonchev–Trinajstić information content (AvgIpc) is 2.20. The number of hydrogen-bond donors (Lipinski definition) is 4. The molecule has 90 valence electrons. The smallest absolute Gasteiger partial charge is 0.333 e. The Labute approximate surface area is 93.4 Å². The van der Waals surface area contributed by atoms with Gasteiger partial charge in [0.1, 0.15) is 5.70 Å². The molecule has 0 saturated heterocycles. The number of nitrogens with zero attached hydrogens (tertiary/aromatic N) is 2. The third kappa shape index (κ3) is 6.62. The van der Waals surface area contributed by atoms with Gasteiger partial charge in [-0.1, -0.05) is 6.08 Å². The van der Waals surface area contributed by atoms with Crippen LogP contribution in [0.25, 0.3) is 0 Å². The number of guanidine groups is 1. The van der Waals surface area contributed by atoms with Gasteiger partial charge in [-0.05, 0) is 6.42 Å². The molecule has 1 amide bonds. The number of carbonyl (C=O) groups excluding carboxylic acids is 1. The highest BCUT2D eigenvalue weighted by Gasteiger charge is 2.10. The molecule has 0 bridgehead atoms. The highest BCUT2D eigenvalue weighted by molar-refractivity contribution is 7.77. The van der Waals surface area contributed by atoms with E-state index in [1.807, 2.05) is 4.72 Å². The molecule has 0 rings (SSSR count). The zero-order valence-corrected chi connectivity index (χ0v) is 8.94. The topological polar surface area (TPSA) is 160 Å². The minimum atomic E-state index is -2.46. The van der Waals surface area contributed by atoms with Gasteiger partial charge in [0.15, 0.2) is 5.96 Å². The van der Waals surface area contributed by atoms with Crippen molar-refractivity contribution >= 4 is 23.1 Å². The maximum atomic E-state index is 10.8. The summed E-state index contributed by atoms with van der Waals surface area (Å²) in [6.45, 7) is 0.178. The largest absolute Gasteiger partial charge is 0.370 e. The number of nitrogens with one attached hydrogen (secondary N) is 1. The second-order valence-corrected chi connectivity index (χ2v) is 3.16. The Balaban J connectivity index is 4.44. The van der Waals surface area contributed by atoms with Crippen LogP contribution in [0.5, 0.6) is 0 Å². The summed E-state index contributed by atoms with van der Waals surface area (Å²) in [7, 11) is 0. The molecule has 0 aliphatic carbocycles. The van der Waals surface area contributed by atoms with Crippen molar-refractivity contribution in [3.05, 3.63) is 16.7 Å².